The number of amides is 1. The third-order valence-electron chi connectivity index (χ3n) is 5.72. The Hall–Kier alpha value is -3.84. The molecule has 1 fully saturated rings. The number of methoxy groups -OCH3 is 1. The van der Waals surface area contributed by atoms with Crippen LogP contribution in [0.3, 0.4) is 0 Å². The highest BCUT2D eigenvalue weighted by Gasteiger charge is 2.35. The van der Waals surface area contributed by atoms with Crippen molar-refractivity contribution in [3.63, 3.8) is 0 Å². The molecule has 1 amide bonds. The van der Waals surface area contributed by atoms with Crippen LogP contribution in [0.5, 0.6) is 11.5 Å². The number of carbonyl (C=O) groups is 1. The molecule has 1 aromatic heterocycles. The Morgan fingerprint density at radius 2 is 1.88 bits per heavy atom. The monoisotopic (exact) mass is 475 g/mol. The van der Waals surface area contributed by atoms with Crippen LogP contribution in [-0.2, 0) is 11.4 Å². The maximum Gasteiger partial charge on any atom is 0.232 e. The van der Waals surface area contributed by atoms with E-state index in [1.807, 2.05) is 60.7 Å². The van der Waals surface area contributed by atoms with Gasteiger partial charge in [-0.3, -0.25) is 4.79 Å². The molecule has 1 aliphatic rings. The summed E-state index contributed by atoms with van der Waals surface area (Å²) < 4.78 is 16.5. The summed E-state index contributed by atoms with van der Waals surface area (Å²) in [5.41, 5.74) is 2.63. The molecule has 0 spiro atoms. The van der Waals surface area contributed by atoms with Crippen molar-refractivity contribution in [2.45, 2.75) is 18.9 Å². The molecule has 1 atom stereocenters. The van der Waals surface area contributed by atoms with E-state index in [-0.39, 0.29) is 18.2 Å². The van der Waals surface area contributed by atoms with Gasteiger partial charge in [-0.05, 0) is 48.0 Å². The average Bonchev–Trinajstić information content (AvgIpc) is 3.51. The Bertz CT molecular complexity index is 1290. The first-order valence-corrected chi connectivity index (χ1v) is 11.2. The van der Waals surface area contributed by atoms with Crippen LogP contribution in [0.4, 0.5) is 5.69 Å². The predicted octanol–water partition coefficient (Wildman–Crippen LogP) is 5.50. The van der Waals surface area contributed by atoms with Crippen LogP contribution in [-0.4, -0.2) is 29.7 Å². The van der Waals surface area contributed by atoms with Crippen LogP contribution in [0.25, 0.3) is 11.4 Å². The summed E-state index contributed by atoms with van der Waals surface area (Å²) in [6.45, 7) is 0.938. The number of anilines is 1. The summed E-state index contributed by atoms with van der Waals surface area (Å²) in [5.74, 6) is 2.02. The molecule has 0 N–H and O–H groups in total. The molecule has 1 saturated heterocycles. The zero-order valence-corrected chi connectivity index (χ0v) is 19.2. The fourth-order valence-electron chi connectivity index (χ4n) is 3.91. The Kier molecular flexibility index (Phi) is 6.18. The van der Waals surface area contributed by atoms with Gasteiger partial charge in [0.15, 0.2) is 0 Å². The molecule has 3 aromatic carbocycles. The molecule has 8 heteroatoms. The summed E-state index contributed by atoms with van der Waals surface area (Å²) in [7, 11) is 1.55. The van der Waals surface area contributed by atoms with Gasteiger partial charge in [-0.2, -0.15) is 4.98 Å². The first-order chi connectivity index (χ1) is 16.6. The summed E-state index contributed by atoms with van der Waals surface area (Å²) in [6.07, 6.45) is 0.289. The molecule has 34 heavy (non-hydrogen) atoms. The van der Waals surface area contributed by atoms with Crippen molar-refractivity contribution in [1.29, 1.82) is 0 Å². The molecular weight excluding hydrogens is 454 g/mol. The third kappa shape index (κ3) is 4.61. The maximum atomic E-state index is 12.7. The lowest BCUT2D eigenvalue weighted by Gasteiger charge is -2.17. The zero-order chi connectivity index (χ0) is 23.5. The van der Waals surface area contributed by atoms with E-state index in [1.54, 1.807) is 24.1 Å². The highest BCUT2D eigenvalue weighted by Crippen LogP contribution is 2.35. The van der Waals surface area contributed by atoms with Crippen molar-refractivity contribution >= 4 is 23.2 Å². The van der Waals surface area contributed by atoms with Crippen molar-refractivity contribution < 1.29 is 18.8 Å². The normalized spacial score (nSPS) is 15.5. The van der Waals surface area contributed by atoms with Gasteiger partial charge in [0, 0.05) is 24.2 Å². The highest BCUT2D eigenvalue weighted by molar-refractivity contribution is 6.32. The molecular formula is C26H22ClN3O4. The second-order valence-electron chi connectivity index (χ2n) is 7.98. The molecule has 1 aliphatic heterocycles. The number of benzene rings is 3. The first kappa shape index (κ1) is 22.0. The zero-order valence-electron chi connectivity index (χ0n) is 18.5. The Balaban J connectivity index is 1.25. The largest absolute Gasteiger partial charge is 0.495 e. The molecule has 0 bridgehead atoms. The van der Waals surface area contributed by atoms with Crippen LogP contribution in [0.2, 0.25) is 5.02 Å². The minimum atomic E-state index is -0.192. The molecule has 5 rings (SSSR count). The Labute approximate surface area is 201 Å². The molecule has 1 unspecified atom stereocenters. The Morgan fingerprint density at radius 1 is 1.09 bits per heavy atom. The number of halogens is 1. The summed E-state index contributed by atoms with van der Waals surface area (Å²) in [5, 5.41) is 4.57. The van der Waals surface area contributed by atoms with Gasteiger partial charge in [-0.1, -0.05) is 47.1 Å². The van der Waals surface area contributed by atoms with Gasteiger partial charge in [0.25, 0.3) is 0 Å². The van der Waals surface area contributed by atoms with Gasteiger partial charge in [-0.25, -0.2) is 0 Å². The van der Waals surface area contributed by atoms with Crippen molar-refractivity contribution in [2.75, 3.05) is 18.6 Å². The van der Waals surface area contributed by atoms with Gasteiger partial charge in [0.1, 0.15) is 18.1 Å². The second-order valence-corrected chi connectivity index (χ2v) is 8.39. The lowest BCUT2D eigenvalue weighted by molar-refractivity contribution is -0.117. The van der Waals surface area contributed by atoms with E-state index in [1.165, 1.54) is 0 Å². The molecule has 172 valence electrons. The van der Waals surface area contributed by atoms with Crippen LogP contribution in [0.15, 0.2) is 77.3 Å². The number of ether oxygens (including phenoxy) is 2. The van der Waals surface area contributed by atoms with E-state index in [2.05, 4.69) is 10.1 Å². The van der Waals surface area contributed by atoms with Crippen LogP contribution >= 0.6 is 11.6 Å². The number of carbonyl (C=O) groups excluding carboxylic acids is 1. The maximum absolute atomic E-state index is 12.7. The average molecular weight is 476 g/mol. The SMILES string of the molecule is COc1ccc(N2CC(c3nc(-c4ccc(OCc5ccccc5)cc4)no3)CC2=O)cc1Cl. The lowest BCUT2D eigenvalue weighted by Crippen LogP contribution is -2.24. The van der Waals surface area contributed by atoms with E-state index in [4.69, 9.17) is 25.6 Å². The fraction of sp³-hybridized carbons (Fsp3) is 0.192. The van der Waals surface area contributed by atoms with Crippen molar-refractivity contribution in [3.8, 4) is 22.9 Å². The van der Waals surface area contributed by atoms with E-state index < -0.39 is 0 Å². The van der Waals surface area contributed by atoms with Gasteiger partial charge >= 0.3 is 0 Å². The van der Waals surface area contributed by atoms with Crippen molar-refractivity contribution in [2.24, 2.45) is 0 Å². The van der Waals surface area contributed by atoms with Crippen LogP contribution in [0, 0.1) is 0 Å². The van der Waals surface area contributed by atoms with Gasteiger partial charge in [0.2, 0.25) is 17.6 Å². The summed E-state index contributed by atoms with van der Waals surface area (Å²) >= 11 is 6.23. The minimum absolute atomic E-state index is 0.0223. The molecule has 0 aliphatic carbocycles. The molecule has 2 heterocycles. The van der Waals surface area contributed by atoms with Crippen molar-refractivity contribution in [3.05, 3.63) is 89.3 Å². The number of hydrogen-bond acceptors (Lipinski definition) is 6. The summed E-state index contributed by atoms with van der Waals surface area (Å²) in [6, 6.07) is 22.8. The van der Waals surface area contributed by atoms with Gasteiger partial charge < -0.3 is 18.9 Å². The lowest BCUT2D eigenvalue weighted by atomic mass is 10.1. The molecule has 0 saturated carbocycles. The Morgan fingerprint density at radius 3 is 2.62 bits per heavy atom. The molecule has 0 radical (unpaired) electrons. The van der Waals surface area contributed by atoms with Crippen LogP contribution in [0.1, 0.15) is 23.8 Å². The van der Waals surface area contributed by atoms with E-state index >= 15 is 0 Å². The first-order valence-electron chi connectivity index (χ1n) is 10.9. The standard InChI is InChI=1S/C26H22ClN3O4/c1-32-23-12-9-20(14-22(23)27)30-15-19(13-24(30)31)26-28-25(29-34-26)18-7-10-21(11-8-18)33-16-17-5-3-2-4-6-17/h2-12,14,19H,13,15-16H2,1H3. The fourth-order valence-corrected chi connectivity index (χ4v) is 4.16. The summed E-state index contributed by atoms with van der Waals surface area (Å²) in [4.78, 5) is 18.9. The number of aromatic nitrogens is 2. The number of hydrogen-bond donors (Lipinski definition) is 0. The quantitative estimate of drug-likeness (QED) is 0.351. The van der Waals surface area contributed by atoms with E-state index in [0.29, 0.717) is 41.3 Å². The van der Waals surface area contributed by atoms with Gasteiger partial charge in [0.05, 0.1) is 18.1 Å². The second kappa shape index (κ2) is 9.57. The van der Waals surface area contributed by atoms with E-state index in [0.717, 1.165) is 16.9 Å². The smallest absolute Gasteiger partial charge is 0.232 e. The predicted molar refractivity (Wildman–Crippen MR) is 128 cm³/mol. The van der Waals surface area contributed by atoms with Crippen LogP contribution < -0.4 is 14.4 Å². The number of rotatable bonds is 7. The number of nitrogens with zero attached hydrogens (tertiary/aromatic N) is 3. The molecule has 4 aromatic rings. The highest BCUT2D eigenvalue weighted by atomic mass is 35.5. The molecule has 7 nitrogen and oxygen atoms in total. The third-order valence-corrected chi connectivity index (χ3v) is 6.02. The van der Waals surface area contributed by atoms with Gasteiger partial charge in [-0.15, -0.1) is 0 Å². The topological polar surface area (TPSA) is 77.7 Å². The van der Waals surface area contributed by atoms with E-state index in [9.17, 15) is 4.79 Å². The van der Waals surface area contributed by atoms with Crippen molar-refractivity contribution in [1.82, 2.24) is 10.1 Å². The minimum Gasteiger partial charge on any atom is -0.495 e.